The Morgan fingerprint density at radius 1 is 0.812 bits per heavy atom. The van der Waals surface area contributed by atoms with Crippen molar-refractivity contribution in [3.8, 4) is 0 Å². The molecule has 0 aromatic heterocycles. The van der Waals surface area contributed by atoms with Crippen LogP contribution in [0.2, 0.25) is 0 Å². The summed E-state index contributed by atoms with van der Waals surface area (Å²) < 4.78 is 0. The molecule has 0 fully saturated rings. The second kappa shape index (κ2) is 9.56. The van der Waals surface area contributed by atoms with Crippen LogP contribution in [0.3, 0.4) is 0 Å². The minimum atomic E-state index is 1.07. The number of unbranched alkanes of at least 4 members (excludes halogenated alkanes) is 2. The van der Waals surface area contributed by atoms with Crippen molar-refractivity contribution >= 4 is 0 Å². The minimum Gasteiger partial charge on any atom is -0.359 e. The molecule has 96 valence electrons. The lowest BCUT2D eigenvalue weighted by molar-refractivity contribution is 0.218. The van der Waals surface area contributed by atoms with Gasteiger partial charge in [-0.15, -0.1) is 0 Å². The van der Waals surface area contributed by atoms with Crippen LogP contribution in [0.1, 0.15) is 53.4 Å². The summed E-state index contributed by atoms with van der Waals surface area (Å²) in [6, 6.07) is 0. The highest BCUT2D eigenvalue weighted by atomic mass is 15.3. The van der Waals surface area contributed by atoms with E-state index in [0.717, 1.165) is 26.2 Å². The molecule has 0 aromatic rings. The van der Waals surface area contributed by atoms with Gasteiger partial charge in [-0.3, -0.25) is 0 Å². The highest BCUT2D eigenvalue weighted by molar-refractivity contribution is 4.93. The quantitative estimate of drug-likeness (QED) is 0.560. The fraction of sp³-hybridized carbons (Fsp3) is 0.857. The van der Waals surface area contributed by atoms with Crippen LogP contribution in [0, 0.1) is 0 Å². The molecule has 0 aliphatic carbocycles. The van der Waals surface area contributed by atoms with Crippen LogP contribution in [0.25, 0.3) is 0 Å². The Labute approximate surface area is 102 Å². The lowest BCUT2D eigenvalue weighted by Gasteiger charge is -2.34. The van der Waals surface area contributed by atoms with Crippen molar-refractivity contribution < 1.29 is 0 Å². The van der Waals surface area contributed by atoms with Crippen LogP contribution in [0.15, 0.2) is 12.4 Å². The third kappa shape index (κ3) is 5.43. The smallest absolute Gasteiger partial charge is 0.0964 e. The van der Waals surface area contributed by atoms with Crippen LogP contribution >= 0.6 is 0 Å². The first-order chi connectivity index (χ1) is 7.71. The zero-order valence-corrected chi connectivity index (χ0v) is 11.8. The van der Waals surface area contributed by atoms with E-state index in [0.29, 0.717) is 0 Å². The maximum atomic E-state index is 4.25. The van der Waals surface area contributed by atoms with Gasteiger partial charge in [-0.1, -0.05) is 33.3 Å². The molecule has 16 heavy (non-hydrogen) atoms. The summed E-state index contributed by atoms with van der Waals surface area (Å²) in [7, 11) is 0. The topological polar surface area (TPSA) is 6.48 Å². The van der Waals surface area contributed by atoms with Gasteiger partial charge < -0.3 is 9.80 Å². The van der Waals surface area contributed by atoms with Crippen LogP contribution in [0.4, 0.5) is 0 Å². The van der Waals surface area contributed by atoms with Crippen molar-refractivity contribution in [3.05, 3.63) is 12.4 Å². The monoisotopic (exact) mass is 226 g/mol. The Morgan fingerprint density at radius 3 is 1.44 bits per heavy atom. The largest absolute Gasteiger partial charge is 0.359 e. The lowest BCUT2D eigenvalue weighted by atomic mass is 10.3. The number of nitrogens with zero attached hydrogens (tertiary/aromatic N) is 2. The van der Waals surface area contributed by atoms with Gasteiger partial charge in [0, 0.05) is 26.2 Å². The molecule has 0 saturated carbocycles. The molecule has 2 nitrogen and oxygen atoms in total. The Bertz CT molecular complexity index is 160. The average molecular weight is 226 g/mol. The Kier molecular flexibility index (Phi) is 9.16. The molecule has 2 heteroatoms. The van der Waals surface area contributed by atoms with Crippen LogP contribution in [-0.4, -0.2) is 36.0 Å². The summed E-state index contributed by atoms with van der Waals surface area (Å²) in [4.78, 5) is 4.81. The van der Waals surface area contributed by atoms with Gasteiger partial charge in [0.15, 0.2) is 0 Å². The fourth-order valence-electron chi connectivity index (χ4n) is 1.84. The molecule has 0 aliphatic heterocycles. The summed E-state index contributed by atoms with van der Waals surface area (Å²) in [6.07, 6.45) is 5.03. The highest BCUT2D eigenvalue weighted by Crippen LogP contribution is 2.10. The second-order valence-electron chi connectivity index (χ2n) is 4.28. The Balaban J connectivity index is 4.20. The van der Waals surface area contributed by atoms with E-state index in [1.807, 2.05) is 0 Å². The fourth-order valence-corrected chi connectivity index (χ4v) is 1.84. The molecule has 0 unspecified atom stereocenters. The number of rotatable bonds is 10. The molecule has 0 spiro atoms. The van der Waals surface area contributed by atoms with Gasteiger partial charge in [-0.05, 0) is 26.7 Å². The van der Waals surface area contributed by atoms with Crippen LogP contribution in [0.5, 0.6) is 0 Å². The van der Waals surface area contributed by atoms with Gasteiger partial charge >= 0.3 is 0 Å². The highest BCUT2D eigenvalue weighted by Gasteiger charge is 2.10. The first-order valence-electron chi connectivity index (χ1n) is 6.89. The van der Waals surface area contributed by atoms with Crippen molar-refractivity contribution in [3.63, 3.8) is 0 Å². The van der Waals surface area contributed by atoms with E-state index in [2.05, 4.69) is 44.1 Å². The molecule has 0 amide bonds. The zero-order chi connectivity index (χ0) is 12.4. The molecule has 0 saturated heterocycles. The molecular weight excluding hydrogens is 196 g/mol. The molecule has 0 radical (unpaired) electrons. The molecule has 0 bridgehead atoms. The summed E-state index contributed by atoms with van der Waals surface area (Å²) in [5.74, 6) is 1.21. The van der Waals surface area contributed by atoms with Crippen LogP contribution in [-0.2, 0) is 0 Å². The van der Waals surface area contributed by atoms with E-state index in [-0.39, 0.29) is 0 Å². The first kappa shape index (κ1) is 15.3. The first-order valence-corrected chi connectivity index (χ1v) is 6.89. The van der Waals surface area contributed by atoms with Gasteiger partial charge in [-0.2, -0.15) is 0 Å². The Morgan fingerprint density at radius 2 is 1.19 bits per heavy atom. The van der Waals surface area contributed by atoms with Gasteiger partial charge in [-0.25, -0.2) is 0 Å². The summed E-state index contributed by atoms with van der Waals surface area (Å²) in [6.45, 7) is 17.6. The average Bonchev–Trinajstić information content (AvgIpc) is 2.31. The van der Waals surface area contributed by atoms with E-state index >= 15 is 0 Å². The van der Waals surface area contributed by atoms with Crippen molar-refractivity contribution in [2.45, 2.75) is 53.4 Å². The third-order valence-corrected chi connectivity index (χ3v) is 3.06. The van der Waals surface area contributed by atoms with E-state index in [1.54, 1.807) is 0 Å². The van der Waals surface area contributed by atoms with Gasteiger partial charge in [0.1, 0.15) is 0 Å². The number of hydrogen-bond donors (Lipinski definition) is 0. The number of hydrogen-bond acceptors (Lipinski definition) is 2. The summed E-state index contributed by atoms with van der Waals surface area (Å²) >= 11 is 0. The van der Waals surface area contributed by atoms with Crippen molar-refractivity contribution in [1.29, 1.82) is 0 Å². The van der Waals surface area contributed by atoms with E-state index in [1.165, 1.54) is 31.5 Å². The van der Waals surface area contributed by atoms with E-state index in [9.17, 15) is 0 Å². The van der Waals surface area contributed by atoms with Crippen LogP contribution < -0.4 is 0 Å². The van der Waals surface area contributed by atoms with Crippen molar-refractivity contribution in [1.82, 2.24) is 9.80 Å². The Hall–Kier alpha value is -0.660. The molecule has 0 N–H and O–H groups in total. The standard InChI is InChI=1S/C14H30N2/c1-6-10-12-15(8-3)14(5)16(9-4)13-11-7-2/h5-13H2,1-4H3. The van der Waals surface area contributed by atoms with E-state index in [4.69, 9.17) is 0 Å². The molecule has 0 atom stereocenters. The maximum absolute atomic E-state index is 4.25. The lowest BCUT2D eigenvalue weighted by Crippen LogP contribution is -2.36. The van der Waals surface area contributed by atoms with Crippen molar-refractivity contribution in [2.75, 3.05) is 26.2 Å². The van der Waals surface area contributed by atoms with E-state index < -0.39 is 0 Å². The zero-order valence-electron chi connectivity index (χ0n) is 11.8. The SMILES string of the molecule is C=C(N(CC)CCCC)N(CC)CCCC. The summed E-state index contributed by atoms with van der Waals surface area (Å²) in [5.41, 5.74) is 0. The molecule has 0 aromatic carbocycles. The predicted octanol–water partition coefficient (Wildman–Crippen LogP) is 3.70. The second-order valence-corrected chi connectivity index (χ2v) is 4.28. The summed E-state index contributed by atoms with van der Waals surface area (Å²) in [5, 5.41) is 0. The van der Waals surface area contributed by atoms with Gasteiger partial charge in [0.2, 0.25) is 0 Å². The van der Waals surface area contributed by atoms with Crippen molar-refractivity contribution in [2.24, 2.45) is 0 Å². The molecule has 0 heterocycles. The molecular formula is C14H30N2. The predicted molar refractivity (Wildman–Crippen MR) is 73.5 cm³/mol. The maximum Gasteiger partial charge on any atom is 0.0964 e. The third-order valence-electron chi connectivity index (χ3n) is 3.06. The van der Waals surface area contributed by atoms with Gasteiger partial charge in [0.05, 0.1) is 5.82 Å². The minimum absolute atomic E-state index is 1.07. The normalized spacial score (nSPS) is 10.2. The van der Waals surface area contributed by atoms with Gasteiger partial charge in [0.25, 0.3) is 0 Å². The molecule has 0 rings (SSSR count). The molecule has 0 aliphatic rings.